The Morgan fingerprint density at radius 3 is 2.53 bits per heavy atom. The second kappa shape index (κ2) is 4.78. The van der Waals surface area contributed by atoms with E-state index in [1.807, 2.05) is 12.1 Å². The van der Waals surface area contributed by atoms with Crippen molar-refractivity contribution in [1.82, 2.24) is 9.21 Å². The van der Waals surface area contributed by atoms with Crippen LogP contribution in [0.15, 0.2) is 22.8 Å². The minimum atomic E-state index is -2.40. The molecule has 6 heteroatoms. The summed E-state index contributed by atoms with van der Waals surface area (Å²) in [4.78, 5) is 2.19. The van der Waals surface area contributed by atoms with Crippen LogP contribution in [-0.2, 0) is 17.4 Å². The molecule has 0 bridgehead atoms. The van der Waals surface area contributed by atoms with Crippen molar-refractivity contribution in [3.63, 3.8) is 0 Å². The second-order valence-corrected chi connectivity index (χ2v) is 4.59. The molecule has 0 saturated carbocycles. The van der Waals surface area contributed by atoms with Gasteiger partial charge in [-0.25, -0.2) is 12.7 Å². The van der Waals surface area contributed by atoms with E-state index >= 15 is 0 Å². The predicted molar refractivity (Wildman–Crippen MR) is 55.9 cm³/mol. The van der Waals surface area contributed by atoms with Crippen LogP contribution in [0.25, 0.3) is 0 Å². The molecule has 15 heavy (non-hydrogen) atoms. The van der Waals surface area contributed by atoms with Gasteiger partial charge in [0.1, 0.15) is 5.76 Å². The maximum atomic E-state index is 10.7. The lowest BCUT2D eigenvalue weighted by Gasteiger charge is -2.30. The standard InChI is InChI=1S/C9H14N2O3S/c12-15(13)11-5-3-10(4-6-11)8-9-2-1-7-14-9/h1-2,7,15H,3-6,8H2. The smallest absolute Gasteiger partial charge is 0.204 e. The van der Waals surface area contributed by atoms with E-state index in [9.17, 15) is 8.42 Å². The molecule has 84 valence electrons. The zero-order valence-corrected chi connectivity index (χ0v) is 9.23. The molecule has 0 unspecified atom stereocenters. The molecule has 0 N–H and O–H groups in total. The first-order valence-corrected chi connectivity index (χ1v) is 6.03. The van der Waals surface area contributed by atoms with Crippen LogP contribution in [0.5, 0.6) is 0 Å². The first kappa shape index (κ1) is 10.7. The third-order valence-electron chi connectivity index (χ3n) is 2.54. The molecule has 0 atom stereocenters. The molecule has 0 aliphatic carbocycles. The van der Waals surface area contributed by atoms with Crippen molar-refractivity contribution >= 4 is 10.9 Å². The van der Waals surface area contributed by atoms with Crippen molar-refractivity contribution in [2.75, 3.05) is 26.2 Å². The molecular formula is C9H14N2O3S. The molecule has 5 nitrogen and oxygen atoms in total. The van der Waals surface area contributed by atoms with Gasteiger partial charge in [0.15, 0.2) is 0 Å². The third kappa shape index (κ3) is 2.80. The van der Waals surface area contributed by atoms with E-state index in [4.69, 9.17) is 4.42 Å². The van der Waals surface area contributed by atoms with E-state index in [1.165, 1.54) is 4.31 Å². The number of hydrogen-bond acceptors (Lipinski definition) is 4. The van der Waals surface area contributed by atoms with Crippen LogP contribution in [0.4, 0.5) is 0 Å². The topological polar surface area (TPSA) is 53.8 Å². The summed E-state index contributed by atoms with van der Waals surface area (Å²) in [6, 6.07) is 3.79. The van der Waals surface area contributed by atoms with Gasteiger partial charge < -0.3 is 4.42 Å². The number of thiol groups is 1. The molecule has 0 amide bonds. The molecule has 1 aliphatic rings. The fraction of sp³-hybridized carbons (Fsp3) is 0.556. The van der Waals surface area contributed by atoms with Crippen molar-refractivity contribution in [3.8, 4) is 0 Å². The maximum absolute atomic E-state index is 10.7. The lowest BCUT2D eigenvalue weighted by molar-refractivity contribution is 0.173. The Morgan fingerprint density at radius 1 is 1.27 bits per heavy atom. The molecule has 1 fully saturated rings. The van der Waals surface area contributed by atoms with Gasteiger partial charge in [-0.3, -0.25) is 4.90 Å². The summed E-state index contributed by atoms with van der Waals surface area (Å²) in [7, 11) is -2.40. The van der Waals surface area contributed by atoms with Gasteiger partial charge in [0.05, 0.1) is 12.8 Å². The average Bonchev–Trinajstić information content (AvgIpc) is 2.71. The number of rotatable bonds is 3. The molecule has 0 spiro atoms. The van der Waals surface area contributed by atoms with E-state index < -0.39 is 10.9 Å². The van der Waals surface area contributed by atoms with E-state index in [2.05, 4.69) is 4.90 Å². The summed E-state index contributed by atoms with van der Waals surface area (Å²) in [6.07, 6.45) is 1.65. The van der Waals surface area contributed by atoms with E-state index in [0.717, 1.165) is 25.4 Å². The molecule has 1 aromatic heterocycles. The van der Waals surface area contributed by atoms with Crippen LogP contribution in [0.3, 0.4) is 0 Å². The van der Waals surface area contributed by atoms with E-state index in [1.54, 1.807) is 6.26 Å². The quantitative estimate of drug-likeness (QED) is 0.738. The highest BCUT2D eigenvalue weighted by molar-refractivity contribution is 7.69. The SMILES string of the molecule is O=[SH](=O)N1CCN(Cc2ccco2)CC1. The maximum Gasteiger partial charge on any atom is 0.204 e. The minimum absolute atomic E-state index is 0.583. The highest BCUT2D eigenvalue weighted by atomic mass is 32.2. The van der Waals surface area contributed by atoms with E-state index in [0.29, 0.717) is 13.1 Å². The van der Waals surface area contributed by atoms with Crippen molar-refractivity contribution in [2.45, 2.75) is 6.54 Å². The molecule has 2 rings (SSSR count). The number of piperazine rings is 1. The Balaban J connectivity index is 1.84. The van der Waals surface area contributed by atoms with Crippen molar-refractivity contribution in [2.24, 2.45) is 0 Å². The van der Waals surface area contributed by atoms with Gasteiger partial charge in [0.25, 0.3) is 0 Å². The summed E-state index contributed by atoms with van der Waals surface area (Å²) in [5.74, 6) is 0.926. The van der Waals surface area contributed by atoms with Gasteiger partial charge >= 0.3 is 0 Å². The van der Waals surface area contributed by atoms with Crippen LogP contribution in [0.1, 0.15) is 5.76 Å². The van der Waals surface area contributed by atoms with E-state index in [-0.39, 0.29) is 0 Å². The summed E-state index contributed by atoms with van der Waals surface area (Å²) >= 11 is 0. The Bertz CT molecular complexity index is 359. The van der Waals surface area contributed by atoms with Crippen LogP contribution in [0, 0.1) is 0 Å². The molecule has 1 saturated heterocycles. The first-order valence-electron chi connectivity index (χ1n) is 4.90. The monoisotopic (exact) mass is 230 g/mol. The molecule has 1 aromatic rings. The molecule has 2 heterocycles. The van der Waals surface area contributed by atoms with Gasteiger partial charge in [-0.2, -0.15) is 0 Å². The van der Waals surface area contributed by atoms with Gasteiger partial charge in [-0.1, -0.05) is 0 Å². The number of furan rings is 1. The summed E-state index contributed by atoms with van der Waals surface area (Å²) in [5, 5.41) is 0. The van der Waals surface area contributed by atoms with Gasteiger partial charge in [-0.05, 0) is 12.1 Å². The Hall–Kier alpha value is -0.850. The number of hydrogen-bond donors (Lipinski definition) is 1. The lowest BCUT2D eigenvalue weighted by Crippen LogP contribution is -2.44. The minimum Gasteiger partial charge on any atom is -0.468 e. The Morgan fingerprint density at radius 2 is 2.00 bits per heavy atom. The van der Waals surface area contributed by atoms with Crippen LogP contribution >= 0.6 is 0 Å². The largest absolute Gasteiger partial charge is 0.468 e. The summed E-state index contributed by atoms with van der Waals surface area (Å²) in [5.41, 5.74) is 0. The zero-order valence-electron chi connectivity index (χ0n) is 8.33. The van der Waals surface area contributed by atoms with Crippen molar-refractivity contribution in [3.05, 3.63) is 24.2 Å². The highest BCUT2D eigenvalue weighted by Crippen LogP contribution is 2.08. The molecular weight excluding hydrogens is 216 g/mol. The first-order chi connectivity index (χ1) is 7.25. The van der Waals surface area contributed by atoms with Crippen molar-refractivity contribution < 1.29 is 12.8 Å². The van der Waals surface area contributed by atoms with Gasteiger partial charge in [-0.15, -0.1) is 0 Å². The number of nitrogens with zero attached hydrogens (tertiary/aromatic N) is 2. The van der Waals surface area contributed by atoms with Crippen LogP contribution in [-0.4, -0.2) is 43.8 Å². The lowest BCUT2D eigenvalue weighted by atomic mass is 10.3. The average molecular weight is 230 g/mol. The Kier molecular flexibility index (Phi) is 3.40. The third-order valence-corrected chi connectivity index (χ3v) is 3.40. The summed E-state index contributed by atoms with van der Waals surface area (Å²) in [6.45, 7) is 3.46. The fourth-order valence-corrected chi connectivity index (χ4v) is 2.19. The van der Waals surface area contributed by atoms with Crippen LogP contribution in [0.2, 0.25) is 0 Å². The Labute approximate surface area is 90.4 Å². The fourth-order valence-electron chi connectivity index (χ4n) is 1.68. The molecule has 0 radical (unpaired) electrons. The normalized spacial score (nSPS) is 19.8. The van der Waals surface area contributed by atoms with Crippen LogP contribution < -0.4 is 0 Å². The van der Waals surface area contributed by atoms with Gasteiger partial charge in [0, 0.05) is 26.2 Å². The summed E-state index contributed by atoms with van der Waals surface area (Å²) < 4.78 is 28.1. The second-order valence-electron chi connectivity index (χ2n) is 3.55. The molecule has 0 aromatic carbocycles. The van der Waals surface area contributed by atoms with Gasteiger partial charge in [0.2, 0.25) is 10.9 Å². The zero-order chi connectivity index (χ0) is 10.7. The predicted octanol–water partition coefficient (Wildman–Crippen LogP) is -0.0764. The highest BCUT2D eigenvalue weighted by Gasteiger charge is 2.18. The van der Waals surface area contributed by atoms with Crippen molar-refractivity contribution in [1.29, 1.82) is 0 Å². The molecule has 1 aliphatic heterocycles.